The fourth-order valence-corrected chi connectivity index (χ4v) is 3.70. The number of hydrogen-bond acceptors (Lipinski definition) is 6. The van der Waals surface area contributed by atoms with Gasteiger partial charge in [0, 0.05) is 36.2 Å². The third kappa shape index (κ3) is 2.71. The summed E-state index contributed by atoms with van der Waals surface area (Å²) in [5.74, 6) is -1.20. The monoisotopic (exact) mass is 345 g/mol. The lowest BCUT2D eigenvalue weighted by Gasteiger charge is -2.15. The Morgan fingerprint density at radius 1 is 1.12 bits per heavy atom. The third-order valence-corrected chi connectivity index (χ3v) is 5.12. The largest absolute Gasteiger partial charge is 0.506 e. The zero-order valence-electron chi connectivity index (χ0n) is 12.9. The molecule has 1 N–H and O–H groups in total. The molecular formula is C17H15NO5S. The molecule has 0 bridgehead atoms. The number of aliphatic hydroxyl groups is 1. The molecule has 1 saturated carbocycles. The minimum absolute atomic E-state index is 0.0287. The molecule has 24 heavy (non-hydrogen) atoms. The van der Waals surface area contributed by atoms with E-state index in [1.165, 1.54) is 18.3 Å². The van der Waals surface area contributed by atoms with Crippen LogP contribution in [0.2, 0.25) is 0 Å². The van der Waals surface area contributed by atoms with Crippen molar-refractivity contribution in [2.45, 2.75) is 24.2 Å². The van der Waals surface area contributed by atoms with E-state index in [0.29, 0.717) is 11.8 Å². The van der Waals surface area contributed by atoms with E-state index in [4.69, 9.17) is 0 Å². The minimum atomic E-state index is -3.51. The Bertz CT molecular complexity index is 987. The Labute approximate surface area is 138 Å². The van der Waals surface area contributed by atoms with E-state index in [-0.39, 0.29) is 34.4 Å². The van der Waals surface area contributed by atoms with Gasteiger partial charge in [0.2, 0.25) is 0 Å². The average Bonchev–Trinajstić information content (AvgIpc) is 2.52. The van der Waals surface area contributed by atoms with E-state index < -0.39 is 27.2 Å². The lowest BCUT2D eigenvalue weighted by atomic mass is 9.89. The molecule has 0 unspecified atom stereocenters. The van der Waals surface area contributed by atoms with Crippen LogP contribution in [-0.4, -0.2) is 36.3 Å². The summed E-state index contributed by atoms with van der Waals surface area (Å²) in [5.41, 5.74) is 0.211. The fourth-order valence-electron chi connectivity index (χ4n) is 2.87. The van der Waals surface area contributed by atoms with Crippen LogP contribution in [0.15, 0.2) is 40.9 Å². The number of carbonyl (C=O) groups is 2. The maximum atomic E-state index is 12.0. The van der Waals surface area contributed by atoms with Gasteiger partial charge >= 0.3 is 0 Å². The number of benzene rings is 1. The first-order valence-electron chi connectivity index (χ1n) is 7.38. The van der Waals surface area contributed by atoms with Crippen molar-refractivity contribution in [1.29, 1.82) is 0 Å². The van der Waals surface area contributed by atoms with E-state index >= 15 is 0 Å². The number of hydrogen-bond donors (Lipinski definition) is 1. The lowest BCUT2D eigenvalue weighted by Crippen LogP contribution is -2.20. The molecule has 7 heteroatoms. The van der Waals surface area contributed by atoms with Gasteiger partial charge in [0.15, 0.2) is 21.4 Å². The van der Waals surface area contributed by atoms with Gasteiger partial charge in [0.25, 0.3) is 0 Å². The number of allylic oxidation sites excluding steroid dienone is 1. The first-order chi connectivity index (χ1) is 11.3. The van der Waals surface area contributed by atoms with Crippen molar-refractivity contribution in [3.63, 3.8) is 0 Å². The summed E-state index contributed by atoms with van der Waals surface area (Å²) < 4.78 is 23.8. The van der Waals surface area contributed by atoms with Crippen LogP contribution in [-0.2, 0) is 19.4 Å². The predicted molar refractivity (Wildman–Crippen MR) is 88.3 cm³/mol. The summed E-state index contributed by atoms with van der Waals surface area (Å²) in [6.07, 6.45) is 3.42. The number of Topliss-reactive ketones (excluding diaryl/α,β-unsaturated/α-hetero) is 2. The smallest absolute Gasteiger partial charge is 0.177 e. The number of sulfone groups is 1. The zero-order valence-corrected chi connectivity index (χ0v) is 13.8. The molecule has 1 heterocycles. The Hall–Kier alpha value is -2.54. The molecular weight excluding hydrogens is 330 g/mol. The van der Waals surface area contributed by atoms with Crippen LogP contribution < -0.4 is 0 Å². The van der Waals surface area contributed by atoms with Gasteiger partial charge in [-0.3, -0.25) is 14.6 Å². The molecule has 1 aromatic heterocycles. The SMILES string of the molecule is CS(=O)(=O)c1ccc(C(O)=C2C(=O)CCCC2=O)c2cccnc12. The second-order valence-electron chi connectivity index (χ2n) is 5.71. The number of aliphatic hydroxyl groups excluding tert-OH is 1. The maximum Gasteiger partial charge on any atom is 0.177 e. The maximum absolute atomic E-state index is 12.0. The molecule has 1 fully saturated rings. The Morgan fingerprint density at radius 3 is 2.42 bits per heavy atom. The number of aromatic nitrogens is 1. The van der Waals surface area contributed by atoms with Crippen LogP contribution in [0.3, 0.4) is 0 Å². The van der Waals surface area contributed by atoms with Crippen molar-refractivity contribution in [3.8, 4) is 0 Å². The van der Waals surface area contributed by atoms with Crippen molar-refractivity contribution in [1.82, 2.24) is 4.98 Å². The number of nitrogens with zero attached hydrogens (tertiary/aromatic N) is 1. The van der Waals surface area contributed by atoms with Crippen LogP contribution in [0.4, 0.5) is 0 Å². The van der Waals surface area contributed by atoms with Gasteiger partial charge in [-0.25, -0.2) is 8.42 Å². The third-order valence-electron chi connectivity index (χ3n) is 3.99. The Kier molecular flexibility index (Phi) is 3.96. The first-order valence-corrected chi connectivity index (χ1v) is 9.27. The molecule has 0 atom stereocenters. The van der Waals surface area contributed by atoms with Crippen molar-refractivity contribution in [2.75, 3.05) is 6.26 Å². The van der Waals surface area contributed by atoms with Crippen molar-refractivity contribution in [2.24, 2.45) is 0 Å². The van der Waals surface area contributed by atoms with E-state index in [1.807, 2.05) is 0 Å². The Morgan fingerprint density at radius 2 is 1.79 bits per heavy atom. The van der Waals surface area contributed by atoms with E-state index in [9.17, 15) is 23.1 Å². The van der Waals surface area contributed by atoms with Crippen molar-refractivity contribution in [3.05, 3.63) is 41.6 Å². The highest BCUT2D eigenvalue weighted by atomic mass is 32.2. The van der Waals surface area contributed by atoms with Crippen LogP contribution >= 0.6 is 0 Å². The molecule has 0 aliphatic heterocycles. The van der Waals surface area contributed by atoms with Gasteiger partial charge in [0.1, 0.15) is 11.3 Å². The molecule has 2 aromatic rings. The molecule has 124 valence electrons. The molecule has 1 aliphatic rings. The second-order valence-corrected chi connectivity index (χ2v) is 7.69. The number of carbonyl (C=O) groups excluding carboxylic acids is 2. The van der Waals surface area contributed by atoms with Gasteiger partial charge in [-0.2, -0.15) is 0 Å². The first kappa shape index (κ1) is 16.3. The summed E-state index contributed by atoms with van der Waals surface area (Å²) in [5, 5.41) is 10.9. The van der Waals surface area contributed by atoms with Crippen LogP contribution in [0, 0.1) is 0 Å². The summed E-state index contributed by atoms with van der Waals surface area (Å²) >= 11 is 0. The number of pyridine rings is 1. The van der Waals surface area contributed by atoms with E-state index in [1.54, 1.807) is 12.1 Å². The van der Waals surface area contributed by atoms with Crippen molar-refractivity contribution >= 4 is 38.1 Å². The highest BCUT2D eigenvalue weighted by Crippen LogP contribution is 2.31. The van der Waals surface area contributed by atoms with E-state index in [2.05, 4.69) is 4.98 Å². The number of rotatable bonds is 2. The molecule has 1 aliphatic carbocycles. The molecule has 6 nitrogen and oxygen atoms in total. The molecule has 0 spiro atoms. The molecule has 1 aromatic carbocycles. The Balaban J connectivity index is 2.33. The standard InChI is InChI=1S/C17H15NO5S/c1-24(22,23)14-8-7-11(10-4-3-9-18-16(10)14)17(21)15-12(19)5-2-6-13(15)20/h3-4,7-9,21H,2,5-6H2,1H3. The van der Waals surface area contributed by atoms with Gasteiger partial charge in [0.05, 0.1) is 10.4 Å². The van der Waals surface area contributed by atoms with Crippen LogP contribution in [0.25, 0.3) is 16.7 Å². The fraction of sp³-hybridized carbons (Fsp3) is 0.235. The lowest BCUT2D eigenvalue weighted by molar-refractivity contribution is -0.123. The molecule has 0 saturated heterocycles. The topological polar surface area (TPSA) is 101 Å². The number of ketones is 2. The van der Waals surface area contributed by atoms with Crippen molar-refractivity contribution < 1.29 is 23.1 Å². The van der Waals surface area contributed by atoms with Crippen LogP contribution in [0.1, 0.15) is 24.8 Å². The quantitative estimate of drug-likeness (QED) is 0.509. The summed E-state index contributed by atoms with van der Waals surface area (Å²) in [6.45, 7) is 0. The molecule has 3 rings (SSSR count). The van der Waals surface area contributed by atoms with Gasteiger partial charge in [-0.1, -0.05) is 6.07 Å². The second kappa shape index (κ2) is 5.83. The van der Waals surface area contributed by atoms with Gasteiger partial charge in [-0.05, 0) is 24.6 Å². The van der Waals surface area contributed by atoms with Crippen LogP contribution in [0.5, 0.6) is 0 Å². The summed E-state index contributed by atoms with van der Waals surface area (Å²) in [6, 6.07) is 5.92. The van der Waals surface area contributed by atoms with Gasteiger partial charge in [-0.15, -0.1) is 0 Å². The highest BCUT2D eigenvalue weighted by Gasteiger charge is 2.28. The zero-order chi connectivity index (χ0) is 17.5. The predicted octanol–water partition coefficient (Wildman–Crippen LogP) is 2.23. The normalized spacial score (nSPS) is 15.8. The van der Waals surface area contributed by atoms with E-state index in [0.717, 1.165) is 6.26 Å². The highest BCUT2D eigenvalue weighted by molar-refractivity contribution is 7.91. The average molecular weight is 345 g/mol. The van der Waals surface area contributed by atoms with Gasteiger partial charge < -0.3 is 5.11 Å². The molecule has 0 radical (unpaired) electrons. The summed E-state index contributed by atoms with van der Waals surface area (Å²) in [4.78, 5) is 28.2. The number of fused-ring (bicyclic) bond motifs is 1. The summed E-state index contributed by atoms with van der Waals surface area (Å²) in [7, 11) is -3.51. The minimum Gasteiger partial charge on any atom is -0.506 e. The molecule has 0 amide bonds.